The molecule has 4 saturated carbocycles. The number of carbonyl (C=O) groups is 2. The first-order valence-electron chi connectivity index (χ1n) is 12.9. The third kappa shape index (κ3) is 3.76. The second-order valence-corrected chi connectivity index (χ2v) is 11.8. The van der Waals surface area contributed by atoms with Crippen LogP contribution in [-0.4, -0.2) is 11.8 Å². The van der Waals surface area contributed by atoms with E-state index in [4.69, 9.17) is 0 Å². The molecule has 2 amide bonds. The molecule has 4 nitrogen and oxygen atoms in total. The van der Waals surface area contributed by atoms with Crippen molar-refractivity contribution >= 4 is 23.2 Å². The molecule has 0 radical (unpaired) electrons. The van der Waals surface area contributed by atoms with E-state index in [0.29, 0.717) is 10.8 Å². The van der Waals surface area contributed by atoms with Crippen molar-refractivity contribution in [3.05, 3.63) is 59.7 Å². The highest BCUT2D eigenvalue weighted by atomic mass is 16.2. The van der Waals surface area contributed by atoms with E-state index in [0.717, 1.165) is 11.4 Å². The zero-order valence-corrected chi connectivity index (χ0v) is 21.1. The molecule has 6 rings (SSSR count). The minimum atomic E-state index is -0.0286. The number of rotatable bonds is 6. The number of anilines is 2. The molecule has 4 aliphatic rings. The van der Waals surface area contributed by atoms with Crippen LogP contribution in [0.2, 0.25) is 0 Å². The fourth-order valence-electron chi connectivity index (χ4n) is 8.65. The molecule has 34 heavy (non-hydrogen) atoms. The van der Waals surface area contributed by atoms with Crippen LogP contribution >= 0.6 is 0 Å². The lowest BCUT2D eigenvalue weighted by atomic mass is 9.33. The highest BCUT2D eigenvalue weighted by Crippen LogP contribution is 2.75. The fourth-order valence-corrected chi connectivity index (χ4v) is 8.65. The van der Waals surface area contributed by atoms with E-state index in [2.05, 4.69) is 73.0 Å². The van der Waals surface area contributed by atoms with Gasteiger partial charge in [0.1, 0.15) is 0 Å². The fraction of sp³-hybridized carbons (Fsp3) is 0.533. The molecule has 0 heterocycles. The Balaban J connectivity index is 1.58. The van der Waals surface area contributed by atoms with Crippen LogP contribution < -0.4 is 10.6 Å². The Morgan fingerprint density at radius 2 is 0.971 bits per heavy atom. The van der Waals surface area contributed by atoms with Gasteiger partial charge in [0.2, 0.25) is 11.8 Å². The van der Waals surface area contributed by atoms with E-state index in [1.165, 1.54) is 62.5 Å². The molecule has 2 aromatic rings. The van der Waals surface area contributed by atoms with Gasteiger partial charge in [0.05, 0.1) is 0 Å². The molecule has 4 fully saturated rings. The first-order chi connectivity index (χ1) is 16.1. The summed E-state index contributed by atoms with van der Waals surface area (Å²) in [6, 6.07) is 17.4. The zero-order chi connectivity index (χ0) is 24.2. The molecule has 180 valence electrons. The Morgan fingerprint density at radius 3 is 1.26 bits per heavy atom. The molecule has 0 atom stereocenters. The summed E-state index contributed by atoms with van der Waals surface area (Å²) in [6.07, 6.45) is 10.1. The van der Waals surface area contributed by atoms with Crippen molar-refractivity contribution in [2.45, 2.75) is 89.9 Å². The summed E-state index contributed by atoms with van der Waals surface area (Å²) in [5.41, 5.74) is 5.72. The summed E-state index contributed by atoms with van der Waals surface area (Å²) >= 11 is 0. The Hall–Kier alpha value is -2.62. The van der Waals surface area contributed by atoms with Crippen LogP contribution in [0.4, 0.5) is 11.4 Å². The third-order valence-electron chi connectivity index (χ3n) is 9.42. The number of hydrogen-bond donors (Lipinski definition) is 2. The lowest BCUT2D eigenvalue weighted by molar-refractivity contribution is -0.145. The van der Waals surface area contributed by atoms with Crippen LogP contribution in [0.15, 0.2) is 48.5 Å². The Bertz CT molecular complexity index is 1000. The summed E-state index contributed by atoms with van der Waals surface area (Å²) in [4.78, 5) is 23.1. The van der Waals surface area contributed by atoms with Gasteiger partial charge in [-0.15, -0.1) is 0 Å². The highest BCUT2D eigenvalue weighted by molar-refractivity contribution is 5.89. The molecule has 0 saturated heterocycles. The average Bonchev–Trinajstić information content (AvgIpc) is 2.78. The predicted octanol–water partition coefficient (Wildman–Crippen LogP) is 6.95. The van der Waals surface area contributed by atoms with Crippen LogP contribution in [0, 0.1) is 10.8 Å². The van der Waals surface area contributed by atoms with Gasteiger partial charge in [-0.2, -0.15) is 0 Å². The normalized spacial score (nSPS) is 33.5. The molecule has 0 unspecified atom stereocenters. The quantitative estimate of drug-likeness (QED) is 0.492. The summed E-state index contributed by atoms with van der Waals surface area (Å²) in [6.45, 7) is 7.92. The first-order valence-corrected chi connectivity index (χ1v) is 12.9. The van der Waals surface area contributed by atoms with Crippen LogP contribution in [-0.2, 0) is 20.4 Å². The van der Waals surface area contributed by atoms with Gasteiger partial charge in [-0.25, -0.2) is 0 Å². The smallest absolute Gasteiger partial charge is 0.221 e. The second-order valence-electron chi connectivity index (χ2n) is 11.8. The monoisotopic (exact) mass is 458 g/mol. The Labute approximate surface area is 203 Å². The number of benzene rings is 2. The Kier molecular flexibility index (Phi) is 5.42. The van der Waals surface area contributed by atoms with Crippen LogP contribution in [0.5, 0.6) is 0 Å². The minimum Gasteiger partial charge on any atom is -0.326 e. The molecule has 4 heteroatoms. The molecule has 4 aliphatic carbocycles. The SMILES string of the molecule is CCC12CC3(CC)CC(c4ccc(NC(C)=O)cc4)(C1)CC(c1ccc(NC(C)=O)cc1)(C2)C3. The molecule has 2 aromatic carbocycles. The first kappa shape index (κ1) is 23.1. The van der Waals surface area contributed by atoms with Gasteiger partial charge in [0, 0.05) is 25.2 Å². The van der Waals surface area contributed by atoms with Gasteiger partial charge < -0.3 is 10.6 Å². The molecule has 0 aliphatic heterocycles. The van der Waals surface area contributed by atoms with Gasteiger partial charge in [0.25, 0.3) is 0 Å². The van der Waals surface area contributed by atoms with E-state index in [9.17, 15) is 9.59 Å². The molecule has 0 aromatic heterocycles. The van der Waals surface area contributed by atoms with Gasteiger partial charge in [0.15, 0.2) is 0 Å². The third-order valence-corrected chi connectivity index (χ3v) is 9.42. The van der Waals surface area contributed by atoms with E-state index in [1.54, 1.807) is 13.8 Å². The van der Waals surface area contributed by atoms with Crippen molar-refractivity contribution in [1.29, 1.82) is 0 Å². The largest absolute Gasteiger partial charge is 0.326 e. The summed E-state index contributed by atoms with van der Waals surface area (Å²) in [7, 11) is 0. The van der Waals surface area contributed by atoms with Gasteiger partial charge >= 0.3 is 0 Å². The van der Waals surface area contributed by atoms with E-state index < -0.39 is 0 Å². The maximum Gasteiger partial charge on any atom is 0.221 e. The Morgan fingerprint density at radius 1 is 0.618 bits per heavy atom. The van der Waals surface area contributed by atoms with Crippen LogP contribution in [0.25, 0.3) is 0 Å². The standard InChI is InChI=1S/C30H38N2O2/c1-5-27-15-28(6-2)18-29(16-27,23-7-11-25(12-8-23)31-21(3)33)20-30(17-27,19-28)24-9-13-26(14-10-24)32-22(4)34/h7-14H,5-6,15-20H2,1-4H3,(H,31,33)(H,32,34). The van der Waals surface area contributed by atoms with Crippen molar-refractivity contribution in [2.75, 3.05) is 10.6 Å². The number of carbonyl (C=O) groups excluding carboxylic acids is 2. The van der Waals surface area contributed by atoms with E-state index in [-0.39, 0.29) is 22.6 Å². The lowest BCUT2D eigenvalue weighted by Crippen LogP contribution is -2.64. The van der Waals surface area contributed by atoms with Gasteiger partial charge in [-0.05, 0) is 95.6 Å². The van der Waals surface area contributed by atoms with Crippen LogP contribution in [0.3, 0.4) is 0 Å². The van der Waals surface area contributed by atoms with Gasteiger partial charge in [-0.1, -0.05) is 51.0 Å². The number of hydrogen-bond acceptors (Lipinski definition) is 2. The van der Waals surface area contributed by atoms with E-state index in [1.807, 2.05) is 0 Å². The van der Waals surface area contributed by atoms with Crippen molar-refractivity contribution in [1.82, 2.24) is 0 Å². The van der Waals surface area contributed by atoms with Crippen LogP contribution in [0.1, 0.15) is 90.2 Å². The van der Waals surface area contributed by atoms with Crippen molar-refractivity contribution in [3.8, 4) is 0 Å². The molecule has 2 N–H and O–H groups in total. The summed E-state index contributed by atoms with van der Waals surface area (Å²) in [5.74, 6) is -0.0572. The number of nitrogens with one attached hydrogen (secondary N) is 2. The topological polar surface area (TPSA) is 58.2 Å². The maximum absolute atomic E-state index is 11.5. The van der Waals surface area contributed by atoms with Crippen molar-refractivity contribution < 1.29 is 9.59 Å². The molecular formula is C30H38N2O2. The molecular weight excluding hydrogens is 420 g/mol. The number of amides is 2. The van der Waals surface area contributed by atoms with Gasteiger partial charge in [-0.3, -0.25) is 9.59 Å². The predicted molar refractivity (Wildman–Crippen MR) is 138 cm³/mol. The second kappa shape index (κ2) is 7.96. The molecule has 0 spiro atoms. The summed E-state index contributed by atoms with van der Waals surface area (Å²) in [5, 5.41) is 5.85. The highest BCUT2D eigenvalue weighted by Gasteiger charge is 2.67. The minimum absolute atomic E-state index is 0.0286. The van der Waals surface area contributed by atoms with Crippen molar-refractivity contribution in [2.24, 2.45) is 10.8 Å². The molecule has 4 bridgehead atoms. The summed E-state index contributed by atoms with van der Waals surface area (Å²) < 4.78 is 0. The lowest BCUT2D eigenvalue weighted by Gasteiger charge is -2.71. The van der Waals surface area contributed by atoms with Crippen molar-refractivity contribution in [3.63, 3.8) is 0 Å². The average molecular weight is 459 g/mol. The zero-order valence-electron chi connectivity index (χ0n) is 21.1. The van der Waals surface area contributed by atoms with E-state index >= 15 is 0 Å². The maximum atomic E-state index is 11.5.